The SMILES string of the molecule is C=C(C)C(N)=O.CCCOC(=O)C(C)=CO. The lowest BCUT2D eigenvalue weighted by Gasteiger charge is -2.00. The van der Waals surface area contributed by atoms with Gasteiger partial charge in [-0.15, -0.1) is 0 Å². The van der Waals surface area contributed by atoms with E-state index in [1.54, 1.807) is 6.92 Å². The van der Waals surface area contributed by atoms with Crippen LogP contribution in [-0.4, -0.2) is 23.6 Å². The molecule has 0 aromatic rings. The van der Waals surface area contributed by atoms with Gasteiger partial charge in [0.15, 0.2) is 0 Å². The maximum absolute atomic E-state index is 10.7. The normalized spacial score (nSPS) is 9.81. The van der Waals surface area contributed by atoms with Gasteiger partial charge in [-0.3, -0.25) is 4.79 Å². The molecule has 0 saturated heterocycles. The van der Waals surface area contributed by atoms with Gasteiger partial charge in [-0.1, -0.05) is 13.5 Å². The minimum atomic E-state index is -0.454. The molecule has 0 aromatic carbocycles. The summed E-state index contributed by atoms with van der Waals surface area (Å²) in [6.45, 7) is 8.66. The van der Waals surface area contributed by atoms with Gasteiger partial charge in [-0.25, -0.2) is 4.79 Å². The van der Waals surface area contributed by atoms with Gasteiger partial charge in [0, 0.05) is 5.57 Å². The Hall–Kier alpha value is -1.78. The second-order valence-electron chi connectivity index (χ2n) is 3.09. The lowest BCUT2D eigenvalue weighted by atomic mass is 10.3. The van der Waals surface area contributed by atoms with Crippen LogP contribution in [0.4, 0.5) is 0 Å². The number of aliphatic hydroxyl groups excluding tert-OH is 1. The first kappa shape index (κ1) is 16.6. The van der Waals surface area contributed by atoms with Crippen molar-refractivity contribution in [3.63, 3.8) is 0 Å². The number of ether oxygens (including phenoxy) is 1. The number of rotatable bonds is 4. The van der Waals surface area contributed by atoms with Crippen molar-refractivity contribution in [2.45, 2.75) is 27.2 Å². The van der Waals surface area contributed by atoms with Crippen molar-refractivity contribution >= 4 is 11.9 Å². The first-order valence-electron chi connectivity index (χ1n) is 4.80. The van der Waals surface area contributed by atoms with Gasteiger partial charge >= 0.3 is 5.97 Å². The molecule has 0 aromatic heterocycles. The molecule has 0 fully saturated rings. The van der Waals surface area contributed by atoms with Crippen LogP contribution in [0.2, 0.25) is 0 Å². The number of esters is 1. The molecule has 3 N–H and O–H groups in total. The van der Waals surface area contributed by atoms with Crippen molar-refractivity contribution in [1.82, 2.24) is 0 Å². The minimum Gasteiger partial charge on any atom is -0.515 e. The quantitative estimate of drug-likeness (QED) is 0.433. The maximum Gasteiger partial charge on any atom is 0.336 e. The van der Waals surface area contributed by atoms with Crippen LogP contribution in [0.5, 0.6) is 0 Å². The third-order valence-electron chi connectivity index (χ3n) is 1.37. The molecular weight excluding hydrogens is 210 g/mol. The van der Waals surface area contributed by atoms with Crippen molar-refractivity contribution < 1.29 is 19.4 Å². The standard InChI is InChI=1S/C7H12O3.C4H7NO/c1-3-4-10-7(9)6(2)5-8;1-3(2)4(5)6/h5,8H,3-4H2,1-2H3;1H2,2H3,(H2,5,6). The third-order valence-corrected chi connectivity index (χ3v) is 1.37. The number of hydrogen-bond acceptors (Lipinski definition) is 4. The van der Waals surface area contributed by atoms with E-state index in [0.717, 1.165) is 12.7 Å². The van der Waals surface area contributed by atoms with Gasteiger partial charge in [0.05, 0.1) is 18.4 Å². The molecule has 0 bridgehead atoms. The molecule has 0 atom stereocenters. The molecule has 0 aliphatic carbocycles. The Labute approximate surface area is 95.6 Å². The fraction of sp³-hybridized carbons (Fsp3) is 0.455. The van der Waals surface area contributed by atoms with E-state index in [9.17, 15) is 9.59 Å². The Kier molecular flexibility index (Phi) is 10.2. The van der Waals surface area contributed by atoms with E-state index in [2.05, 4.69) is 11.3 Å². The lowest BCUT2D eigenvalue weighted by molar-refractivity contribution is -0.139. The van der Waals surface area contributed by atoms with Crippen LogP contribution in [0.3, 0.4) is 0 Å². The van der Waals surface area contributed by atoms with Gasteiger partial charge in [0.2, 0.25) is 5.91 Å². The number of amides is 1. The molecule has 0 aliphatic heterocycles. The van der Waals surface area contributed by atoms with Crippen LogP contribution in [0.1, 0.15) is 27.2 Å². The summed E-state index contributed by atoms with van der Waals surface area (Å²) in [6.07, 6.45) is 1.54. The van der Waals surface area contributed by atoms with Gasteiger partial charge in [-0.05, 0) is 20.3 Å². The maximum atomic E-state index is 10.7. The Morgan fingerprint density at radius 1 is 1.44 bits per heavy atom. The van der Waals surface area contributed by atoms with E-state index >= 15 is 0 Å². The molecule has 5 heteroatoms. The molecule has 0 spiro atoms. The zero-order valence-electron chi connectivity index (χ0n) is 9.95. The summed E-state index contributed by atoms with van der Waals surface area (Å²) in [5.74, 6) is -0.889. The molecule has 92 valence electrons. The largest absolute Gasteiger partial charge is 0.515 e. The van der Waals surface area contributed by atoms with Crippen LogP contribution in [-0.2, 0) is 14.3 Å². The van der Waals surface area contributed by atoms with E-state index in [4.69, 9.17) is 10.8 Å². The summed E-state index contributed by atoms with van der Waals surface area (Å²) in [6, 6.07) is 0. The first-order valence-corrected chi connectivity index (χ1v) is 4.80. The van der Waals surface area contributed by atoms with E-state index in [-0.39, 0.29) is 5.57 Å². The molecule has 16 heavy (non-hydrogen) atoms. The van der Waals surface area contributed by atoms with E-state index < -0.39 is 11.9 Å². The van der Waals surface area contributed by atoms with Gasteiger partial charge in [0.1, 0.15) is 0 Å². The van der Waals surface area contributed by atoms with E-state index in [0.29, 0.717) is 12.2 Å². The van der Waals surface area contributed by atoms with Crippen molar-refractivity contribution in [2.24, 2.45) is 5.73 Å². The first-order chi connectivity index (χ1) is 7.36. The molecule has 5 nitrogen and oxygen atoms in total. The molecule has 0 rings (SSSR count). The van der Waals surface area contributed by atoms with Crippen LogP contribution in [0, 0.1) is 0 Å². The highest BCUT2D eigenvalue weighted by Crippen LogP contribution is 1.94. The number of primary amides is 1. The summed E-state index contributed by atoms with van der Waals surface area (Å²) < 4.78 is 4.68. The van der Waals surface area contributed by atoms with E-state index in [1.807, 2.05) is 6.92 Å². The number of carbonyl (C=O) groups excluding carboxylic acids is 2. The lowest BCUT2D eigenvalue weighted by Crippen LogP contribution is -2.10. The predicted molar refractivity (Wildman–Crippen MR) is 61.6 cm³/mol. The van der Waals surface area contributed by atoms with Crippen molar-refractivity contribution in [2.75, 3.05) is 6.61 Å². The average molecular weight is 229 g/mol. The van der Waals surface area contributed by atoms with Crippen molar-refractivity contribution in [3.8, 4) is 0 Å². The summed E-state index contributed by atoms with van der Waals surface area (Å²) in [5, 5.41) is 8.34. The number of hydrogen-bond donors (Lipinski definition) is 2. The van der Waals surface area contributed by atoms with Crippen LogP contribution < -0.4 is 5.73 Å². The van der Waals surface area contributed by atoms with Crippen molar-refractivity contribution in [1.29, 1.82) is 0 Å². The third kappa shape index (κ3) is 10.3. The van der Waals surface area contributed by atoms with Crippen LogP contribution in [0.15, 0.2) is 24.0 Å². The topological polar surface area (TPSA) is 89.6 Å². The van der Waals surface area contributed by atoms with Crippen molar-refractivity contribution in [3.05, 3.63) is 24.0 Å². The second-order valence-corrected chi connectivity index (χ2v) is 3.09. The Morgan fingerprint density at radius 3 is 2.12 bits per heavy atom. The number of aliphatic hydroxyl groups is 1. The zero-order chi connectivity index (χ0) is 13.1. The molecular formula is C11H19NO4. The fourth-order valence-corrected chi connectivity index (χ4v) is 0.361. The number of carbonyl (C=O) groups is 2. The summed E-state index contributed by atoms with van der Waals surface area (Å²) in [5.41, 5.74) is 5.32. The predicted octanol–water partition coefficient (Wildman–Crippen LogP) is 1.45. The minimum absolute atomic E-state index is 0.230. The molecule has 0 unspecified atom stereocenters. The molecule has 0 saturated carbocycles. The highest BCUT2D eigenvalue weighted by Gasteiger charge is 2.03. The zero-order valence-corrected chi connectivity index (χ0v) is 9.95. The highest BCUT2D eigenvalue weighted by atomic mass is 16.5. The molecule has 0 aliphatic rings. The Bertz CT molecular complexity index is 270. The van der Waals surface area contributed by atoms with E-state index in [1.165, 1.54) is 6.92 Å². The summed E-state index contributed by atoms with van der Waals surface area (Å²) in [7, 11) is 0. The second kappa shape index (κ2) is 9.76. The smallest absolute Gasteiger partial charge is 0.336 e. The Morgan fingerprint density at radius 2 is 1.88 bits per heavy atom. The van der Waals surface area contributed by atoms with Gasteiger partial charge in [0.25, 0.3) is 0 Å². The van der Waals surface area contributed by atoms with Crippen LogP contribution in [0.25, 0.3) is 0 Å². The Balaban J connectivity index is 0. The number of nitrogens with two attached hydrogens (primary N) is 1. The van der Waals surface area contributed by atoms with Crippen LogP contribution >= 0.6 is 0 Å². The molecule has 0 heterocycles. The monoisotopic (exact) mass is 229 g/mol. The fourth-order valence-electron chi connectivity index (χ4n) is 0.361. The molecule has 0 radical (unpaired) electrons. The van der Waals surface area contributed by atoms with Gasteiger partial charge in [-0.2, -0.15) is 0 Å². The summed E-state index contributed by atoms with van der Waals surface area (Å²) >= 11 is 0. The highest BCUT2D eigenvalue weighted by molar-refractivity contribution is 5.90. The van der Waals surface area contributed by atoms with Gasteiger partial charge < -0.3 is 15.6 Å². The average Bonchev–Trinajstić information content (AvgIpc) is 2.25. The summed E-state index contributed by atoms with van der Waals surface area (Å²) in [4.78, 5) is 20.5. The molecule has 1 amide bonds.